The molecule has 0 saturated heterocycles. The van der Waals surface area contributed by atoms with Gasteiger partial charge in [0.2, 0.25) is 0 Å². The van der Waals surface area contributed by atoms with Crippen molar-refractivity contribution in [3.8, 4) is 6.07 Å². The molecule has 0 heterocycles. The Bertz CT molecular complexity index is 144. The standard InChI is InChI=1S/C6H7NO2/c7-3-5-1-6(2-5)9-4-8/h4-6H,1-2H2. The van der Waals surface area contributed by atoms with E-state index in [0.717, 1.165) is 12.8 Å². The molecule has 0 spiro atoms. The van der Waals surface area contributed by atoms with Gasteiger partial charge in [0, 0.05) is 12.8 Å². The average molecular weight is 125 g/mol. The molecule has 0 aromatic heterocycles. The summed E-state index contributed by atoms with van der Waals surface area (Å²) in [4.78, 5) is 9.70. The third kappa shape index (κ3) is 1.20. The first-order valence-electron chi connectivity index (χ1n) is 2.85. The first kappa shape index (κ1) is 6.09. The predicted molar refractivity (Wildman–Crippen MR) is 29.3 cm³/mol. The van der Waals surface area contributed by atoms with E-state index in [1.165, 1.54) is 0 Å². The summed E-state index contributed by atoms with van der Waals surface area (Å²) in [6, 6.07) is 2.09. The zero-order valence-electron chi connectivity index (χ0n) is 4.91. The highest BCUT2D eigenvalue weighted by atomic mass is 16.5. The van der Waals surface area contributed by atoms with E-state index in [1.807, 2.05) is 0 Å². The molecule has 1 fully saturated rings. The lowest BCUT2D eigenvalue weighted by atomic mass is 9.84. The number of hydrogen-bond acceptors (Lipinski definition) is 3. The lowest BCUT2D eigenvalue weighted by molar-refractivity contribution is -0.138. The molecule has 0 aliphatic heterocycles. The molecule has 3 heteroatoms. The number of rotatable bonds is 2. The number of hydrogen-bond donors (Lipinski definition) is 0. The molecule has 1 aliphatic rings. The molecule has 0 radical (unpaired) electrons. The van der Waals surface area contributed by atoms with E-state index in [4.69, 9.17) is 5.26 Å². The number of nitriles is 1. The van der Waals surface area contributed by atoms with Crippen molar-refractivity contribution in [2.45, 2.75) is 18.9 Å². The Morgan fingerprint density at radius 2 is 2.33 bits per heavy atom. The van der Waals surface area contributed by atoms with E-state index in [-0.39, 0.29) is 12.0 Å². The van der Waals surface area contributed by atoms with Crippen molar-refractivity contribution in [1.82, 2.24) is 0 Å². The Hall–Kier alpha value is -1.04. The summed E-state index contributed by atoms with van der Waals surface area (Å²) in [6.07, 6.45) is 1.46. The Morgan fingerprint density at radius 3 is 2.78 bits per heavy atom. The van der Waals surface area contributed by atoms with Gasteiger partial charge in [-0.05, 0) is 0 Å². The van der Waals surface area contributed by atoms with Gasteiger partial charge in [0.15, 0.2) is 0 Å². The molecule has 0 amide bonds. The highest BCUT2D eigenvalue weighted by Gasteiger charge is 2.29. The molecule has 9 heavy (non-hydrogen) atoms. The van der Waals surface area contributed by atoms with Crippen LogP contribution in [0.25, 0.3) is 0 Å². The molecule has 3 nitrogen and oxygen atoms in total. The molecule has 1 rings (SSSR count). The largest absolute Gasteiger partial charge is 0.464 e. The van der Waals surface area contributed by atoms with E-state index < -0.39 is 0 Å². The smallest absolute Gasteiger partial charge is 0.293 e. The van der Waals surface area contributed by atoms with Crippen LogP contribution in [-0.2, 0) is 9.53 Å². The molecule has 0 N–H and O–H groups in total. The minimum Gasteiger partial charge on any atom is -0.464 e. The fraction of sp³-hybridized carbons (Fsp3) is 0.667. The van der Waals surface area contributed by atoms with Crippen LogP contribution < -0.4 is 0 Å². The minimum atomic E-state index is 0.0205. The topological polar surface area (TPSA) is 50.1 Å². The maximum atomic E-state index is 9.70. The van der Waals surface area contributed by atoms with Crippen LogP contribution in [0.5, 0.6) is 0 Å². The summed E-state index contributed by atoms with van der Waals surface area (Å²) in [5.74, 6) is 0.120. The van der Waals surface area contributed by atoms with E-state index in [0.29, 0.717) is 6.47 Å². The molecule has 0 aromatic rings. The van der Waals surface area contributed by atoms with Gasteiger partial charge in [0.1, 0.15) is 6.10 Å². The zero-order chi connectivity index (χ0) is 6.69. The molecule has 0 bridgehead atoms. The van der Waals surface area contributed by atoms with Gasteiger partial charge < -0.3 is 4.74 Å². The predicted octanol–water partition coefficient (Wildman–Crippen LogP) is 0.462. The Labute approximate surface area is 53.2 Å². The van der Waals surface area contributed by atoms with Gasteiger partial charge in [0.05, 0.1) is 12.0 Å². The van der Waals surface area contributed by atoms with Crippen molar-refractivity contribution >= 4 is 6.47 Å². The van der Waals surface area contributed by atoms with Crippen LogP contribution in [0.3, 0.4) is 0 Å². The second kappa shape index (κ2) is 2.49. The Morgan fingerprint density at radius 1 is 1.67 bits per heavy atom. The number of nitrogens with zero attached hydrogens (tertiary/aromatic N) is 1. The van der Waals surface area contributed by atoms with Crippen molar-refractivity contribution in [3.63, 3.8) is 0 Å². The van der Waals surface area contributed by atoms with Crippen LogP contribution in [0.15, 0.2) is 0 Å². The first-order chi connectivity index (χ1) is 4.36. The average Bonchev–Trinajstić information content (AvgIpc) is 1.77. The van der Waals surface area contributed by atoms with Gasteiger partial charge in [-0.15, -0.1) is 0 Å². The van der Waals surface area contributed by atoms with Gasteiger partial charge in [0.25, 0.3) is 6.47 Å². The number of carbonyl (C=O) groups excluding carboxylic acids is 1. The molecular formula is C6H7NO2. The summed E-state index contributed by atoms with van der Waals surface area (Å²) in [5.41, 5.74) is 0. The van der Waals surface area contributed by atoms with Crippen LogP contribution in [0.2, 0.25) is 0 Å². The zero-order valence-corrected chi connectivity index (χ0v) is 4.91. The molecule has 48 valence electrons. The second-order valence-electron chi connectivity index (χ2n) is 2.15. The van der Waals surface area contributed by atoms with Crippen LogP contribution >= 0.6 is 0 Å². The van der Waals surface area contributed by atoms with Crippen molar-refractivity contribution in [2.24, 2.45) is 5.92 Å². The summed E-state index contributed by atoms with van der Waals surface area (Å²) < 4.78 is 4.58. The third-order valence-corrected chi connectivity index (χ3v) is 1.53. The van der Waals surface area contributed by atoms with Crippen molar-refractivity contribution in [2.75, 3.05) is 0 Å². The Balaban J connectivity index is 2.13. The fourth-order valence-corrected chi connectivity index (χ4v) is 0.861. The highest BCUT2D eigenvalue weighted by Crippen LogP contribution is 2.28. The summed E-state index contributed by atoms with van der Waals surface area (Å²) in [7, 11) is 0. The van der Waals surface area contributed by atoms with Gasteiger partial charge in [-0.1, -0.05) is 0 Å². The maximum Gasteiger partial charge on any atom is 0.293 e. The van der Waals surface area contributed by atoms with Crippen LogP contribution in [0, 0.1) is 17.2 Å². The van der Waals surface area contributed by atoms with Crippen molar-refractivity contribution in [3.05, 3.63) is 0 Å². The monoisotopic (exact) mass is 125 g/mol. The molecule has 1 saturated carbocycles. The minimum absolute atomic E-state index is 0.0205. The normalized spacial score (nSPS) is 31.9. The van der Waals surface area contributed by atoms with Gasteiger partial charge >= 0.3 is 0 Å². The van der Waals surface area contributed by atoms with Crippen molar-refractivity contribution in [1.29, 1.82) is 5.26 Å². The fourth-order valence-electron chi connectivity index (χ4n) is 0.861. The lowest BCUT2D eigenvalue weighted by Crippen LogP contribution is -2.29. The van der Waals surface area contributed by atoms with Gasteiger partial charge in [-0.2, -0.15) is 5.26 Å². The van der Waals surface area contributed by atoms with E-state index in [1.54, 1.807) is 0 Å². The van der Waals surface area contributed by atoms with E-state index >= 15 is 0 Å². The quantitative estimate of drug-likeness (QED) is 0.504. The van der Waals surface area contributed by atoms with Gasteiger partial charge in [-0.3, -0.25) is 4.79 Å². The molecule has 0 atom stereocenters. The molecule has 0 unspecified atom stereocenters. The molecular weight excluding hydrogens is 118 g/mol. The molecule has 0 aromatic carbocycles. The van der Waals surface area contributed by atoms with Crippen molar-refractivity contribution < 1.29 is 9.53 Å². The summed E-state index contributed by atoms with van der Waals surface area (Å²) in [5, 5.41) is 8.28. The van der Waals surface area contributed by atoms with Crippen LogP contribution in [0.1, 0.15) is 12.8 Å². The second-order valence-corrected chi connectivity index (χ2v) is 2.15. The summed E-state index contributed by atoms with van der Waals surface area (Å²) in [6.45, 7) is 0.443. The third-order valence-electron chi connectivity index (χ3n) is 1.53. The Kier molecular flexibility index (Phi) is 1.69. The van der Waals surface area contributed by atoms with Crippen LogP contribution in [0.4, 0.5) is 0 Å². The maximum absolute atomic E-state index is 9.70. The van der Waals surface area contributed by atoms with E-state index in [9.17, 15) is 4.79 Å². The molecule has 1 aliphatic carbocycles. The first-order valence-corrected chi connectivity index (χ1v) is 2.85. The van der Waals surface area contributed by atoms with Crippen LogP contribution in [-0.4, -0.2) is 12.6 Å². The lowest BCUT2D eigenvalue weighted by Gasteiger charge is -2.27. The van der Waals surface area contributed by atoms with Gasteiger partial charge in [-0.25, -0.2) is 0 Å². The highest BCUT2D eigenvalue weighted by molar-refractivity contribution is 5.37. The SMILES string of the molecule is N#CC1CC(OC=O)C1. The summed E-state index contributed by atoms with van der Waals surface area (Å²) >= 11 is 0. The number of ether oxygens (including phenoxy) is 1. The van der Waals surface area contributed by atoms with E-state index in [2.05, 4.69) is 10.8 Å². The number of carbonyl (C=O) groups is 1.